The highest BCUT2D eigenvalue weighted by Gasteiger charge is 2.10. The van der Waals surface area contributed by atoms with Crippen LogP contribution in [0.5, 0.6) is 0 Å². The van der Waals surface area contributed by atoms with Crippen LogP contribution in [0.2, 0.25) is 10.0 Å². The van der Waals surface area contributed by atoms with Crippen molar-refractivity contribution in [3.05, 3.63) is 45.5 Å². The van der Waals surface area contributed by atoms with E-state index in [-0.39, 0.29) is 0 Å². The number of aromatic nitrogens is 3. The Labute approximate surface area is 123 Å². The first-order chi connectivity index (χ1) is 8.97. The molecular weight excluding hydrogens is 283 g/mol. The number of nitrogens with zero attached hydrogens (tertiary/aromatic N) is 4. The lowest BCUT2D eigenvalue weighted by atomic mass is 10.2. The molecule has 0 fully saturated rings. The number of rotatable bonds is 4. The van der Waals surface area contributed by atoms with Crippen molar-refractivity contribution in [2.75, 3.05) is 7.05 Å². The van der Waals surface area contributed by atoms with E-state index in [1.54, 1.807) is 6.07 Å². The van der Waals surface area contributed by atoms with Gasteiger partial charge in [0.25, 0.3) is 0 Å². The second kappa shape index (κ2) is 5.90. The van der Waals surface area contributed by atoms with Crippen LogP contribution in [0.15, 0.2) is 18.2 Å². The maximum Gasteiger partial charge on any atom is 0.146 e. The minimum Gasteiger partial charge on any atom is -0.317 e. The molecule has 1 aromatic carbocycles. The van der Waals surface area contributed by atoms with Crippen LogP contribution in [0, 0.1) is 6.92 Å². The van der Waals surface area contributed by atoms with Crippen molar-refractivity contribution in [2.45, 2.75) is 20.0 Å². The van der Waals surface area contributed by atoms with E-state index in [9.17, 15) is 0 Å². The fourth-order valence-electron chi connectivity index (χ4n) is 1.83. The molecule has 4 nitrogen and oxygen atoms in total. The van der Waals surface area contributed by atoms with Crippen molar-refractivity contribution < 1.29 is 0 Å². The SMILES string of the molecule is Cc1nnc(CN(C)Cc2ccc(Cl)cc2Cl)n1C. The summed E-state index contributed by atoms with van der Waals surface area (Å²) < 4.78 is 1.99. The van der Waals surface area contributed by atoms with E-state index in [2.05, 4.69) is 15.1 Å². The van der Waals surface area contributed by atoms with E-state index < -0.39 is 0 Å². The first-order valence-electron chi connectivity index (χ1n) is 5.94. The molecule has 0 unspecified atom stereocenters. The molecule has 0 aliphatic heterocycles. The average Bonchev–Trinajstić information content (AvgIpc) is 2.65. The lowest BCUT2D eigenvalue weighted by Gasteiger charge is -2.17. The Morgan fingerprint density at radius 1 is 1.21 bits per heavy atom. The van der Waals surface area contributed by atoms with E-state index in [0.29, 0.717) is 10.0 Å². The third-order valence-corrected chi connectivity index (χ3v) is 3.64. The largest absolute Gasteiger partial charge is 0.317 e. The first kappa shape index (κ1) is 14.3. The third-order valence-electron chi connectivity index (χ3n) is 3.05. The molecular formula is C13H16Cl2N4. The second-order valence-corrected chi connectivity index (χ2v) is 5.47. The van der Waals surface area contributed by atoms with Gasteiger partial charge in [0.15, 0.2) is 0 Å². The minimum atomic E-state index is 0.653. The van der Waals surface area contributed by atoms with Gasteiger partial charge < -0.3 is 4.57 Å². The van der Waals surface area contributed by atoms with Gasteiger partial charge >= 0.3 is 0 Å². The summed E-state index contributed by atoms with van der Waals surface area (Å²) >= 11 is 12.1. The number of aryl methyl sites for hydroxylation is 1. The van der Waals surface area contributed by atoms with Crippen LogP contribution < -0.4 is 0 Å². The van der Waals surface area contributed by atoms with Crippen LogP contribution in [0.3, 0.4) is 0 Å². The summed E-state index contributed by atoms with van der Waals surface area (Å²) in [4.78, 5) is 2.14. The smallest absolute Gasteiger partial charge is 0.146 e. The Morgan fingerprint density at radius 3 is 2.53 bits per heavy atom. The predicted octanol–water partition coefficient (Wildman–Crippen LogP) is 3.06. The molecule has 0 radical (unpaired) electrons. The maximum absolute atomic E-state index is 6.17. The lowest BCUT2D eigenvalue weighted by molar-refractivity contribution is 0.306. The molecule has 6 heteroatoms. The van der Waals surface area contributed by atoms with Crippen molar-refractivity contribution in [1.82, 2.24) is 19.7 Å². The zero-order valence-electron chi connectivity index (χ0n) is 11.2. The van der Waals surface area contributed by atoms with Crippen molar-refractivity contribution in [3.8, 4) is 0 Å². The molecule has 0 saturated carbocycles. The number of hydrogen-bond donors (Lipinski definition) is 0. The summed E-state index contributed by atoms with van der Waals surface area (Å²) in [6, 6.07) is 5.56. The number of halogens is 2. The summed E-state index contributed by atoms with van der Waals surface area (Å²) in [6.07, 6.45) is 0. The zero-order valence-corrected chi connectivity index (χ0v) is 12.7. The van der Waals surface area contributed by atoms with Crippen LogP contribution >= 0.6 is 23.2 Å². The van der Waals surface area contributed by atoms with Gasteiger partial charge in [-0.3, -0.25) is 4.90 Å². The molecule has 2 aromatic rings. The van der Waals surface area contributed by atoms with Crippen LogP contribution in [-0.4, -0.2) is 26.7 Å². The zero-order chi connectivity index (χ0) is 14.0. The Balaban J connectivity index is 2.05. The normalized spacial score (nSPS) is 11.3. The van der Waals surface area contributed by atoms with Crippen LogP contribution in [0.25, 0.3) is 0 Å². The Kier molecular flexibility index (Phi) is 4.45. The van der Waals surface area contributed by atoms with Crippen molar-refractivity contribution in [3.63, 3.8) is 0 Å². The van der Waals surface area contributed by atoms with Gasteiger partial charge in [-0.15, -0.1) is 10.2 Å². The fraction of sp³-hybridized carbons (Fsp3) is 0.385. The van der Waals surface area contributed by atoms with Crippen LogP contribution in [0.4, 0.5) is 0 Å². The van der Waals surface area contributed by atoms with E-state index >= 15 is 0 Å². The topological polar surface area (TPSA) is 34.0 Å². The van der Waals surface area contributed by atoms with Crippen LogP contribution in [0.1, 0.15) is 17.2 Å². The summed E-state index contributed by atoms with van der Waals surface area (Å²) in [5.74, 6) is 1.85. The monoisotopic (exact) mass is 298 g/mol. The summed E-state index contributed by atoms with van der Waals surface area (Å²) in [7, 11) is 3.99. The van der Waals surface area contributed by atoms with Gasteiger partial charge in [0.05, 0.1) is 6.54 Å². The van der Waals surface area contributed by atoms with Gasteiger partial charge in [-0.05, 0) is 31.7 Å². The molecule has 0 aliphatic carbocycles. The van der Waals surface area contributed by atoms with Gasteiger partial charge in [0, 0.05) is 23.6 Å². The van der Waals surface area contributed by atoms with Crippen LogP contribution in [-0.2, 0) is 20.1 Å². The average molecular weight is 299 g/mol. The molecule has 0 saturated heterocycles. The van der Waals surface area contributed by atoms with Gasteiger partial charge in [-0.1, -0.05) is 29.3 Å². The maximum atomic E-state index is 6.17. The highest BCUT2D eigenvalue weighted by atomic mass is 35.5. The highest BCUT2D eigenvalue weighted by molar-refractivity contribution is 6.35. The molecule has 0 amide bonds. The predicted molar refractivity (Wildman–Crippen MR) is 77.4 cm³/mol. The molecule has 0 spiro atoms. The molecule has 1 heterocycles. The highest BCUT2D eigenvalue weighted by Crippen LogP contribution is 2.22. The summed E-state index contributed by atoms with van der Waals surface area (Å²) in [5, 5.41) is 9.54. The Hall–Kier alpha value is -1.10. The molecule has 19 heavy (non-hydrogen) atoms. The number of benzene rings is 1. The number of hydrogen-bond acceptors (Lipinski definition) is 3. The molecule has 0 atom stereocenters. The summed E-state index contributed by atoms with van der Waals surface area (Å²) in [6.45, 7) is 3.39. The molecule has 0 N–H and O–H groups in total. The second-order valence-electron chi connectivity index (χ2n) is 4.63. The van der Waals surface area contributed by atoms with E-state index in [0.717, 1.165) is 30.3 Å². The van der Waals surface area contributed by atoms with E-state index in [1.807, 2.05) is 37.7 Å². The first-order valence-corrected chi connectivity index (χ1v) is 6.70. The van der Waals surface area contributed by atoms with Gasteiger partial charge in [0.2, 0.25) is 0 Å². The molecule has 1 aromatic heterocycles. The molecule has 2 rings (SSSR count). The Morgan fingerprint density at radius 2 is 1.95 bits per heavy atom. The third kappa shape index (κ3) is 3.47. The van der Waals surface area contributed by atoms with Crippen molar-refractivity contribution in [1.29, 1.82) is 0 Å². The quantitative estimate of drug-likeness (QED) is 0.870. The molecule has 102 valence electrons. The van der Waals surface area contributed by atoms with E-state index in [4.69, 9.17) is 23.2 Å². The van der Waals surface area contributed by atoms with E-state index in [1.165, 1.54) is 0 Å². The van der Waals surface area contributed by atoms with Gasteiger partial charge in [-0.25, -0.2) is 0 Å². The molecule has 0 bridgehead atoms. The van der Waals surface area contributed by atoms with Gasteiger partial charge in [-0.2, -0.15) is 0 Å². The van der Waals surface area contributed by atoms with Crippen molar-refractivity contribution in [2.24, 2.45) is 7.05 Å². The standard InChI is InChI=1S/C13H16Cl2N4/c1-9-16-17-13(19(9)3)8-18(2)7-10-4-5-11(14)6-12(10)15/h4-6H,7-8H2,1-3H3. The fourth-order valence-corrected chi connectivity index (χ4v) is 2.29. The molecule has 0 aliphatic rings. The minimum absolute atomic E-state index is 0.653. The van der Waals surface area contributed by atoms with Crippen molar-refractivity contribution >= 4 is 23.2 Å². The Bertz CT molecular complexity index is 580. The van der Waals surface area contributed by atoms with Gasteiger partial charge in [0.1, 0.15) is 11.6 Å². The summed E-state index contributed by atoms with van der Waals surface area (Å²) in [5.41, 5.74) is 1.05. The lowest BCUT2D eigenvalue weighted by Crippen LogP contribution is -2.20.